The number of ether oxygens (including phenoxy) is 2. The van der Waals surface area contributed by atoms with Crippen molar-refractivity contribution in [2.45, 2.75) is 6.92 Å². The van der Waals surface area contributed by atoms with Crippen molar-refractivity contribution in [3.63, 3.8) is 0 Å². The summed E-state index contributed by atoms with van der Waals surface area (Å²) in [5, 5.41) is 8.25. The second kappa shape index (κ2) is 8.09. The van der Waals surface area contributed by atoms with E-state index in [-0.39, 0.29) is 19.1 Å². The molecule has 0 spiro atoms. The number of rotatable bonds is 7. The van der Waals surface area contributed by atoms with Crippen LogP contribution in [0, 0.1) is 5.92 Å². The van der Waals surface area contributed by atoms with Crippen LogP contribution in [0.25, 0.3) is 0 Å². The van der Waals surface area contributed by atoms with Gasteiger partial charge in [-0.15, -0.1) is 0 Å². The molecule has 6 nitrogen and oxygen atoms in total. The van der Waals surface area contributed by atoms with E-state index in [1.165, 1.54) is 0 Å². The van der Waals surface area contributed by atoms with E-state index in [9.17, 15) is 14.4 Å². The normalized spacial score (nSPS) is 11.8. The van der Waals surface area contributed by atoms with E-state index in [0.29, 0.717) is 6.08 Å². The summed E-state index contributed by atoms with van der Waals surface area (Å²) >= 11 is 0. The molecule has 94 valence electrons. The molecule has 6 heteroatoms. The Hall–Kier alpha value is -2.11. The van der Waals surface area contributed by atoms with Gasteiger partial charge in [0.05, 0.1) is 13.2 Å². The molecule has 0 fully saturated rings. The standard InChI is InChI=1S/C11H14O6/c1-3-10(14)16-6-8(2)7-17-11(15)5-4-9(12)13/h3-5,8H,1,6-7H2,2H3,(H,12,13)/b5-4-. The quantitative estimate of drug-likeness (QED) is 0.517. The minimum Gasteiger partial charge on any atom is -0.478 e. The summed E-state index contributed by atoms with van der Waals surface area (Å²) in [4.78, 5) is 31.7. The fraction of sp³-hybridized carbons (Fsp3) is 0.364. The molecule has 0 rings (SSSR count). The minimum atomic E-state index is -1.23. The maximum atomic E-state index is 10.9. The Morgan fingerprint density at radius 1 is 1.18 bits per heavy atom. The Balaban J connectivity index is 3.80. The summed E-state index contributed by atoms with van der Waals surface area (Å²) in [6, 6.07) is 0. The van der Waals surface area contributed by atoms with Gasteiger partial charge >= 0.3 is 17.9 Å². The predicted octanol–water partition coefficient (Wildman–Crippen LogP) is 0.536. The molecule has 0 saturated heterocycles. The van der Waals surface area contributed by atoms with Crippen LogP contribution in [0.5, 0.6) is 0 Å². The molecule has 1 atom stereocenters. The van der Waals surface area contributed by atoms with E-state index in [4.69, 9.17) is 14.6 Å². The van der Waals surface area contributed by atoms with Crippen LogP contribution in [0.1, 0.15) is 6.92 Å². The average molecular weight is 242 g/mol. The van der Waals surface area contributed by atoms with Gasteiger partial charge in [-0.05, 0) is 0 Å². The Kier molecular flexibility index (Phi) is 7.09. The van der Waals surface area contributed by atoms with E-state index in [2.05, 4.69) is 6.58 Å². The zero-order chi connectivity index (χ0) is 13.3. The Bertz CT molecular complexity index is 331. The lowest BCUT2D eigenvalue weighted by Gasteiger charge is -2.10. The third-order valence-corrected chi connectivity index (χ3v) is 1.55. The molecule has 1 unspecified atom stereocenters. The second-order valence-electron chi connectivity index (χ2n) is 3.24. The summed E-state index contributed by atoms with van der Waals surface area (Å²) < 4.78 is 9.44. The van der Waals surface area contributed by atoms with Gasteiger partial charge in [-0.2, -0.15) is 0 Å². The fourth-order valence-corrected chi connectivity index (χ4v) is 0.743. The molecule has 0 aliphatic carbocycles. The Morgan fingerprint density at radius 3 is 2.18 bits per heavy atom. The average Bonchev–Trinajstić information content (AvgIpc) is 2.30. The van der Waals surface area contributed by atoms with Crippen molar-refractivity contribution in [2.75, 3.05) is 13.2 Å². The van der Waals surface area contributed by atoms with Crippen molar-refractivity contribution in [3.05, 3.63) is 24.8 Å². The van der Waals surface area contributed by atoms with Crippen molar-refractivity contribution in [1.29, 1.82) is 0 Å². The van der Waals surface area contributed by atoms with Crippen molar-refractivity contribution >= 4 is 17.9 Å². The SMILES string of the molecule is C=CC(=O)OCC(C)COC(=O)/C=C\C(=O)O. The van der Waals surface area contributed by atoms with E-state index < -0.39 is 17.9 Å². The van der Waals surface area contributed by atoms with Crippen molar-refractivity contribution in [3.8, 4) is 0 Å². The van der Waals surface area contributed by atoms with Crippen LogP contribution in [-0.4, -0.2) is 36.2 Å². The van der Waals surface area contributed by atoms with Gasteiger partial charge in [0.2, 0.25) is 0 Å². The zero-order valence-corrected chi connectivity index (χ0v) is 9.42. The number of carboxylic acids is 1. The van der Waals surface area contributed by atoms with Crippen molar-refractivity contribution in [1.82, 2.24) is 0 Å². The first-order valence-electron chi connectivity index (χ1n) is 4.82. The van der Waals surface area contributed by atoms with Gasteiger partial charge in [-0.1, -0.05) is 13.5 Å². The molecule has 1 N–H and O–H groups in total. The molecule has 0 aliphatic rings. The maximum absolute atomic E-state index is 10.9. The van der Waals surface area contributed by atoms with Crippen LogP contribution in [0.4, 0.5) is 0 Å². The minimum absolute atomic E-state index is 0.0349. The molecule has 0 aromatic heterocycles. The predicted molar refractivity (Wildman–Crippen MR) is 58.1 cm³/mol. The third kappa shape index (κ3) is 8.86. The first kappa shape index (κ1) is 14.9. The van der Waals surface area contributed by atoms with Gasteiger partial charge in [0.25, 0.3) is 0 Å². The van der Waals surface area contributed by atoms with Crippen molar-refractivity contribution < 1.29 is 29.0 Å². The van der Waals surface area contributed by atoms with Gasteiger partial charge in [0, 0.05) is 24.1 Å². The van der Waals surface area contributed by atoms with Gasteiger partial charge < -0.3 is 14.6 Å². The first-order valence-corrected chi connectivity index (χ1v) is 4.82. The van der Waals surface area contributed by atoms with Crippen molar-refractivity contribution in [2.24, 2.45) is 5.92 Å². The van der Waals surface area contributed by atoms with E-state index in [1.807, 2.05) is 0 Å². The molecule has 17 heavy (non-hydrogen) atoms. The smallest absolute Gasteiger partial charge is 0.331 e. The second-order valence-corrected chi connectivity index (χ2v) is 3.24. The number of hydrogen-bond acceptors (Lipinski definition) is 5. The monoisotopic (exact) mass is 242 g/mol. The third-order valence-electron chi connectivity index (χ3n) is 1.55. The van der Waals surface area contributed by atoms with Gasteiger partial charge in [-0.25, -0.2) is 14.4 Å². The summed E-state index contributed by atoms with van der Waals surface area (Å²) in [5.41, 5.74) is 0. The maximum Gasteiger partial charge on any atom is 0.331 e. The molecular weight excluding hydrogens is 228 g/mol. The van der Waals surface area contributed by atoms with Gasteiger partial charge in [0.1, 0.15) is 0 Å². The lowest BCUT2D eigenvalue weighted by Crippen LogP contribution is -2.17. The van der Waals surface area contributed by atoms with Gasteiger partial charge in [0.15, 0.2) is 0 Å². The highest BCUT2D eigenvalue weighted by molar-refractivity contribution is 5.90. The van der Waals surface area contributed by atoms with Crippen LogP contribution in [0.2, 0.25) is 0 Å². The molecular formula is C11H14O6. The summed E-state index contributed by atoms with van der Waals surface area (Å²) in [7, 11) is 0. The molecule has 0 aromatic carbocycles. The first-order chi connectivity index (χ1) is 7.95. The molecule has 0 bridgehead atoms. The van der Waals surface area contributed by atoms with Crippen LogP contribution >= 0.6 is 0 Å². The van der Waals surface area contributed by atoms with Crippen LogP contribution in [0.3, 0.4) is 0 Å². The highest BCUT2D eigenvalue weighted by Gasteiger charge is 2.07. The van der Waals surface area contributed by atoms with Crippen LogP contribution in [0.15, 0.2) is 24.8 Å². The fourth-order valence-electron chi connectivity index (χ4n) is 0.743. The number of aliphatic carboxylic acids is 1. The molecule has 0 heterocycles. The lowest BCUT2D eigenvalue weighted by molar-refractivity contribution is -0.143. The van der Waals surface area contributed by atoms with Gasteiger partial charge in [-0.3, -0.25) is 0 Å². The number of carbonyl (C=O) groups is 3. The summed E-state index contributed by atoms with van der Waals surface area (Å²) in [5.74, 6) is -2.71. The number of carboxylic acid groups (broad SMARTS) is 1. The molecule has 0 aromatic rings. The summed E-state index contributed by atoms with van der Waals surface area (Å²) in [6.45, 7) is 5.07. The van der Waals surface area contributed by atoms with Crippen LogP contribution < -0.4 is 0 Å². The van der Waals surface area contributed by atoms with E-state index in [1.54, 1.807) is 6.92 Å². The molecule has 0 amide bonds. The Morgan fingerprint density at radius 2 is 1.71 bits per heavy atom. The van der Waals surface area contributed by atoms with Crippen LogP contribution in [-0.2, 0) is 23.9 Å². The molecule has 0 aliphatic heterocycles. The lowest BCUT2D eigenvalue weighted by atomic mass is 10.2. The summed E-state index contributed by atoms with van der Waals surface area (Å²) in [6.07, 6.45) is 2.53. The zero-order valence-electron chi connectivity index (χ0n) is 9.42. The number of esters is 2. The number of hydrogen-bond donors (Lipinski definition) is 1. The highest BCUT2D eigenvalue weighted by atomic mass is 16.5. The topological polar surface area (TPSA) is 89.9 Å². The number of carbonyl (C=O) groups excluding carboxylic acids is 2. The highest BCUT2D eigenvalue weighted by Crippen LogP contribution is 1.98. The van der Waals surface area contributed by atoms with E-state index in [0.717, 1.165) is 12.2 Å². The molecule has 0 saturated carbocycles. The van der Waals surface area contributed by atoms with E-state index >= 15 is 0 Å². The Labute approximate surface area is 98.5 Å². The largest absolute Gasteiger partial charge is 0.478 e. The molecule has 0 radical (unpaired) electrons.